The van der Waals surface area contributed by atoms with Gasteiger partial charge in [0.1, 0.15) is 5.76 Å². The lowest BCUT2D eigenvalue weighted by atomic mass is 10.2. The zero-order chi connectivity index (χ0) is 13.0. The maximum Gasteiger partial charge on any atom is 0.365 e. The Kier molecular flexibility index (Phi) is 4.11. The molecule has 0 aromatic carbocycles. The summed E-state index contributed by atoms with van der Waals surface area (Å²) in [5, 5.41) is 13.9. The van der Waals surface area contributed by atoms with Crippen LogP contribution < -0.4 is 5.32 Å². The molecule has 18 heavy (non-hydrogen) atoms. The van der Waals surface area contributed by atoms with Crippen molar-refractivity contribution in [1.82, 2.24) is 10.3 Å². The third-order valence-electron chi connectivity index (χ3n) is 2.45. The van der Waals surface area contributed by atoms with Gasteiger partial charge < -0.3 is 14.8 Å². The molecule has 0 saturated carbocycles. The van der Waals surface area contributed by atoms with Gasteiger partial charge in [0, 0.05) is 24.4 Å². The third-order valence-corrected chi connectivity index (χ3v) is 3.33. The molecule has 2 N–H and O–H groups in total. The van der Waals surface area contributed by atoms with Crippen molar-refractivity contribution in [2.75, 3.05) is 0 Å². The number of thiazole rings is 1. The average Bonchev–Trinajstić information content (AvgIpc) is 2.96. The largest absolute Gasteiger partial charge is 0.476 e. The van der Waals surface area contributed by atoms with Crippen molar-refractivity contribution in [2.24, 2.45) is 0 Å². The Labute approximate surface area is 108 Å². The fourth-order valence-electron chi connectivity index (χ4n) is 1.57. The van der Waals surface area contributed by atoms with E-state index in [9.17, 15) is 4.79 Å². The topological polar surface area (TPSA) is 75.4 Å². The molecule has 0 aliphatic heterocycles. The Balaban J connectivity index is 1.81. The van der Waals surface area contributed by atoms with E-state index in [-0.39, 0.29) is 11.0 Å². The molecule has 0 amide bonds. The highest BCUT2D eigenvalue weighted by Crippen LogP contribution is 2.10. The van der Waals surface area contributed by atoms with Gasteiger partial charge in [0.2, 0.25) is 5.01 Å². The first kappa shape index (κ1) is 12.8. The highest BCUT2D eigenvalue weighted by molar-refractivity contribution is 7.11. The van der Waals surface area contributed by atoms with Gasteiger partial charge in [-0.2, -0.15) is 0 Å². The summed E-state index contributed by atoms with van der Waals surface area (Å²) >= 11 is 1.15. The van der Waals surface area contributed by atoms with E-state index >= 15 is 0 Å². The minimum Gasteiger partial charge on any atom is -0.476 e. The second-order valence-electron chi connectivity index (χ2n) is 4.01. The molecule has 0 aliphatic carbocycles. The lowest BCUT2D eigenvalue weighted by Gasteiger charge is -2.10. The van der Waals surface area contributed by atoms with Crippen molar-refractivity contribution in [1.29, 1.82) is 0 Å². The second-order valence-corrected chi connectivity index (χ2v) is 4.87. The number of furan rings is 1. The summed E-state index contributed by atoms with van der Waals surface area (Å²) in [5.41, 5.74) is 0.753. The third kappa shape index (κ3) is 3.41. The molecule has 1 unspecified atom stereocenters. The van der Waals surface area contributed by atoms with Gasteiger partial charge in [0.05, 0.1) is 12.0 Å². The fourth-order valence-corrected chi connectivity index (χ4v) is 2.22. The summed E-state index contributed by atoms with van der Waals surface area (Å²) in [5.74, 6) is -0.0469. The summed E-state index contributed by atoms with van der Waals surface area (Å²) in [6.45, 7) is 2.61. The first-order chi connectivity index (χ1) is 8.65. The van der Waals surface area contributed by atoms with Gasteiger partial charge in [-0.05, 0) is 19.1 Å². The van der Waals surface area contributed by atoms with Crippen LogP contribution in [0.15, 0.2) is 28.2 Å². The number of carboxylic acids is 1. The molecule has 0 aliphatic rings. The number of hydrogen-bond acceptors (Lipinski definition) is 5. The van der Waals surface area contributed by atoms with Gasteiger partial charge in [0.15, 0.2) is 0 Å². The van der Waals surface area contributed by atoms with E-state index in [1.54, 1.807) is 11.6 Å². The fraction of sp³-hybridized carbons (Fsp3) is 0.333. The summed E-state index contributed by atoms with van der Waals surface area (Å²) in [6, 6.07) is 4.04. The number of aromatic carboxylic acids is 1. The molecule has 0 bridgehead atoms. The van der Waals surface area contributed by atoms with Crippen LogP contribution in [0.2, 0.25) is 0 Å². The van der Waals surface area contributed by atoms with Crippen LogP contribution in [0, 0.1) is 0 Å². The van der Waals surface area contributed by atoms with Crippen molar-refractivity contribution >= 4 is 17.3 Å². The lowest BCUT2D eigenvalue weighted by molar-refractivity contribution is 0.0696. The highest BCUT2D eigenvalue weighted by Gasteiger charge is 2.10. The van der Waals surface area contributed by atoms with Gasteiger partial charge in [0.25, 0.3) is 0 Å². The first-order valence-electron chi connectivity index (χ1n) is 5.58. The normalized spacial score (nSPS) is 12.5. The molecule has 0 radical (unpaired) electrons. The molecule has 0 saturated heterocycles. The lowest BCUT2D eigenvalue weighted by Crippen LogP contribution is -2.27. The van der Waals surface area contributed by atoms with Crippen molar-refractivity contribution in [3.63, 3.8) is 0 Å². The Morgan fingerprint density at radius 1 is 1.67 bits per heavy atom. The molecule has 5 nitrogen and oxygen atoms in total. The Morgan fingerprint density at radius 3 is 3.11 bits per heavy atom. The van der Waals surface area contributed by atoms with Gasteiger partial charge >= 0.3 is 5.97 Å². The Bertz CT molecular complexity index is 507. The zero-order valence-electron chi connectivity index (χ0n) is 9.92. The van der Waals surface area contributed by atoms with E-state index in [4.69, 9.17) is 9.52 Å². The maximum absolute atomic E-state index is 10.7. The monoisotopic (exact) mass is 266 g/mol. The Hall–Kier alpha value is -1.66. The standard InChI is InChI=1S/C12H14N2O3S/c1-8(5-10-3-2-4-17-10)13-6-9-7-18-11(14-9)12(15)16/h2-4,7-8,13H,5-6H2,1H3,(H,15,16). The van der Waals surface area contributed by atoms with Gasteiger partial charge in [-0.1, -0.05) is 0 Å². The summed E-state index contributed by atoms with van der Waals surface area (Å²) in [4.78, 5) is 14.7. The molecule has 2 heterocycles. The minimum absolute atomic E-state index is 0.130. The van der Waals surface area contributed by atoms with E-state index in [1.165, 1.54) is 0 Å². The molecule has 2 aromatic heterocycles. The molecule has 2 rings (SSSR count). The van der Waals surface area contributed by atoms with Gasteiger partial charge in [-0.25, -0.2) is 9.78 Å². The molecule has 0 spiro atoms. The van der Waals surface area contributed by atoms with E-state index in [0.29, 0.717) is 6.54 Å². The zero-order valence-corrected chi connectivity index (χ0v) is 10.7. The summed E-state index contributed by atoms with van der Waals surface area (Å²) < 4.78 is 5.26. The molecule has 96 valence electrons. The number of aromatic nitrogens is 1. The van der Waals surface area contributed by atoms with Crippen molar-refractivity contribution in [3.05, 3.63) is 40.2 Å². The number of nitrogens with one attached hydrogen (secondary N) is 1. The van der Waals surface area contributed by atoms with Crippen LogP contribution >= 0.6 is 11.3 Å². The molecule has 0 fully saturated rings. The first-order valence-corrected chi connectivity index (χ1v) is 6.46. The highest BCUT2D eigenvalue weighted by atomic mass is 32.1. The smallest absolute Gasteiger partial charge is 0.365 e. The van der Waals surface area contributed by atoms with Crippen molar-refractivity contribution in [2.45, 2.75) is 25.9 Å². The van der Waals surface area contributed by atoms with E-state index in [1.807, 2.05) is 19.1 Å². The second kappa shape index (κ2) is 5.79. The van der Waals surface area contributed by atoms with Crippen LogP contribution in [0.3, 0.4) is 0 Å². The summed E-state index contributed by atoms with van der Waals surface area (Å²) in [6.07, 6.45) is 2.45. The molecular formula is C12H14N2O3S. The minimum atomic E-state index is -0.977. The van der Waals surface area contributed by atoms with Crippen LogP contribution in [-0.2, 0) is 13.0 Å². The Morgan fingerprint density at radius 2 is 2.50 bits per heavy atom. The molecule has 1 atom stereocenters. The van der Waals surface area contributed by atoms with E-state index in [2.05, 4.69) is 10.3 Å². The SMILES string of the molecule is CC(Cc1ccco1)NCc1csc(C(=O)O)n1. The number of hydrogen-bond donors (Lipinski definition) is 2. The number of carboxylic acid groups (broad SMARTS) is 1. The van der Waals surface area contributed by atoms with Crippen LogP contribution in [0.4, 0.5) is 0 Å². The van der Waals surface area contributed by atoms with Gasteiger partial charge in [-0.3, -0.25) is 0 Å². The van der Waals surface area contributed by atoms with Crippen LogP contribution in [-0.4, -0.2) is 22.1 Å². The van der Waals surface area contributed by atoms with E-state index < -0.39 is 5.97 Å². The molecule has 2 aromatic rings. The average molecular weight is 266 g/mol. The maximum atomic E-state index is 10.7. The number of nitrogens with zero attached hydrogens (tertiary/aromatic N) is 1. The van der Waals surface area contributed by atoms with Gasteiger partial charge in [-0.15, -0.1) is 11.3 Å². The van der Waals surface area contributed by atoms with Crippen LogP contribution in [0.1, 0.15) is 28.2 Å². The number of carbonyl (C=O) groups is 1. The number of rotatable bonds is 6. The van der Waals surface area contributed by atoms with Crippen LogP contribution in [0.25, 0.3) is 0 Å². The van der Waals surface area contributed by atoms with Crippen molar-refractivity contribution < 1.29 is 14.3 Å². The predicted octanol–water partition coefficient (Wildman–Crippen LogP) is 2.16. The predicted molar refractivity (Wildman–Crippen MR) is 67.8 cm³/mol. The van der Waals surface area contributed by atoms with E-state index in [0.717, 1.165) is 29.2 Å². The quantitative estimate of drug-likeness (QED) is 0.838. The summed E-state index contributed by atoms with van der Waals surface area (Å²) in [7, 11) is 0. The molecular weight excluding hydrogens is 252 g/mol. The van der Waals surface area contributed by atoms with Crippen LogP contribution in [0.5, 0.6) is 0 Å². The molecule has 6 heteroatoms. The van der Waals surface area contributed by atoms with Crippen molar-refractivity contribution in [3.8, 4) is 0 Å².